The summed E-state index contributed by atoms with van der Waals surface area (Å²) in [5.41, 5.74) is 1.73. The summed E-state index contributed by atoms with van der Waals surface area (Å²) in [6.45, 7) is 2.19. The van der Waals surface area contributed by atoms with Gasteiger partial charge < -0.3 is 15.3 Å². The van der Waals surface area contributed by atoms with Crippen LogP contribution in [-0.4, -0.2) is 57.4 Å². The average Bonchev–Trinajstić information content (AvgIpc) is 3.12. The summed E-state index contributed by atoms with van der Waals surface area (Å²) in [6.07, 6.45) is 4.09. The Morgan fingerprint density at radius 1 is 1.11 bits per heavy atom. The molecule has 7 nitrogen and oxygen atoms in total. The average molecular weight is 504 g/mol. The van der Waals surface area contributed by atoms with Gasteiger partial charge in [-0.25, -0.2) is 8.78 Å². The molecule has 3 fully saturated rings. The van der Waals surface area contributed by atoms with Crippen molar-refractivity contribution in [2.75, 3.05) is 0 Å². The van der Waals surface area contributed by atoms with Gasteiger partial charge in [0.15, 0.2) is 0 Å². The Hall–Kier alpha value is -2.39. The minimum absolute atomic E-state index is 0.0693. The van der Waals surface area contributed by atoms with Gasteiger partial charge in [-0.3, -0.25) is 19.7 Å². The zero-order valence-electron chi connectivity index (χ0n) is 20.7. The molecule has 2 saturated carbocycles. The van der Waals surface area contributed by atoms with Crippen LogP contribution in [0.25, 0.3) is 0 Å². The van der Waals surface area contributed by atoms with E-state index in [2.05, 4.69) is 10.6 Å². The number of hydrogen-bond acceptors (Lipinski definition) is 5. The Morgan fingerprint density at radius 3 is 2.58 bits per heavy atom. The van der Waals surface area contributed by atoms with Crippen LogP contribution in [-0.2, 0) is 22.6 Å². The van der Waals surface area contributed by atoms with Crippen LogP contribution in [0, 0.1) is 5.92 Å². The third-order valence-corrected chi connectivity index (χ3v) is 8.52. The number of amides is 3. The molecule has 2 aliphatic carbocycles. The topological polar surface area (TPSA) is 98.7 Å². The first kappa shape index (κ1) is 25.3. The van der Waals surface area contributed by atoms with Crippen molar-refractivity contribution in [3.05, 3.63) is 34.9 Å². The number of halogens is 2. The number of carbonyl (C=O) groups is 3. The second-order valence-electron chi connectivity index (χ2n) is 11.5. The Labute approximate surface area is 210 Å². The summed E-state index contributed by atoms with van der Waals surface area (Å²) in [5, 5.41) is 16.8. The van der Waals surface area contributed by atoms with E-state index in [1.165, 1.54) is 0 Å². The summed E-state index contributed by atoms with van der Waals surface area (Å²) >= 11 is 0. The van der Waals surface area contributed by atoms with E-state index in [0.29, 0.717) is 50.6 Å². The molecular weight excluding hydrogens is 468 g/mol. The number of piperidine rings is 1. The lowest BCUT2D eigenvalue weighted by atomic mass is 9.73. The van der Waals surface area contributed by atoms with Gasteiger partial charge in [0.05, 0.1) is 5.60 Å². The zero-order valence-corrected chi connectivity index (χ0v) is 20.7. The number of rotatable bonds is 5. The first-order valence-corrected chi connectivity index (χ1v) is 13.1. The van der Waals surface area contributed by atoms with Crippen molar-refractivity contribution < 1.29 is 28.3 Å². The second kappa shape index (κ2) is 9.49. The summed E-state index contributed by atoms with van der Waals surface area (Å²) in [5.74, 6) is -3.35. The maximum absolute atomic E-state index is 13.6. The Morgan fingerprint density at radius 2 is 1.86 bits per heavy atom. The molecule has 0 spiro atoms. The van der Waals surface area contributed by atoms with E-state index < -0.39 is 23.5 Å². The molecule has 4 aliphatic rings. The first-order chi connectivity index (χ1) is 17.0. The highest BCUT2D eigenvalue weighted by molar-refractivity contribution is 6.05. The molecule has 1 saturated heterocycles. The van der Waals surface area contributed by atoms with Gasteiger partial charge in [-0.1, -0.05) is 12.1 Å². The van der Waals surface area contributed by atoms with Crippen LogP contribution in [0.4, 0.5) is 8.78 Å². The number of nitrogens with one attached hydrogen (secondary N) is 2. The molecule has 196 valence electrons. The van der Waals surface area contributed by atoms with Crippen LogP contribution < -0.4 is 10.6 Å². The molecule has 5 rings (SSSR count). The summed E-state index contributed by atoms with van der Waals surface area (Å²) in [4.78, 5) is 38.4. The quantitative estimate of drug-likeness (QED) is 0.537. The van der Waals surface area contributed by atoms with Crippen LogP contribution in [0.15, 0.2) is 18.2 Å². The molecule has 9 heteroatoms. The molecule has 3 amide bonds. The largest absolute Gasteiger partial charge is 0.390 e. The van der Waals surface area contributed by atoms with E-state index in [-0.39, 0.29) is 49.1 Å². The van der Waals surface area contributed by atoms with Gasteiger partial charge in [-0.2, -0.15) is 0 Å². The number of nitrogens with zero attached hydrogens (tertiary/aromatic N) is 1. The van der Waals surface area contributed by atoms with Gasteiger partial charge in [0.25, 0.3) is 5.91 Å². The second-order valence-corrected chi connectivity index (χ2v) is 11.5. The van der Waals surface area contributed by atoms with Gasteiger partial charge in [-0.05, 0) is 75.0 Å². The maximum atomic E-state index is 13.6. The highest BCUT2D eigenvalue weighted by Crippen LogP contribution is 2.38. The fourth-order valence-electron chi connectivity index (χ4n) is 6.51. The van der Waals surface area contributed by atoms with Crippen molar-refractivity contribution >= 4 is 17.7 Å². The standard InChI is InChI=1S/C27H35F2N3O4/c1-26(36)9-8-21(30-19-6-10-27(28,29)11-7-19)17(14-26)12-16-2-3-20-18(13-16)15-32(25(20)35)22-4-5-23(33)31-24(22)34/h2-3,13,17,19,21-22,30,36H,4-12,14-15H2,1H3,(H,31,33,34)/t17-,21-,22?,26+/m0/s1. The SMILES string of the molecule is C[C@@]1(O)CC[C@H](NC2CCC(F)(F)CC2)[C@@H](Cc2ccc3c(c2)CN(C2CCC(=O)NC2=O)C3=O)C1. The van der Waals surface area contributed by atoms with Crippen molar-refractivity contribution in [2.45, 2.75) is 107 Å². The van der Waals surface area contributed by atoms with Gasteiger partial charge in [0.2, 0.25) is 17.7 Å². The van der Waals surface area contributed by atoms with Crippen LogP contribution >= 0.6 is 0 Å². The molecule has 2 aliphatic heterocycles. The summed E-state index contributed by atoms with van der Waals surface area (Å²) in [7, 11) is 0. The van der Waals surface area contributed by atoms with E-state index in [9.17, 15) is 28.3 Å². The molecular formula is C27H35F2N3O4. The smallest absolute Gasteiger partial charge is 0.255 e. The number of fused-ring (bicyclic) bond motifs is 1. The third-order valence-electron chi connectivity index (χ3n) is 8.52. The van der Waals surface area contributed by atoms with Crippen LogP contribution in [0.5, 0.6) is 0 Å². The number of carbonyl (C=O) groups excluding carboxylic acids is 3. The van der Waals surface area contributed by atoms with Crippen LogP contribution in [0.1, 0.15) is 86.2 Å². The molecule has 1 unspecified atom stereocenters. The van der Waals surface area contributed by atoms with E-state index in [1.807, 2.05) is 25.1 Å². The van der Waals surface area contributed by atoms with E-state index in [1.54, 1.807) is 4.90 Å². The van der Waals surface area contributed by atoms with E-state index in [4.69, 9.17) is 0 Å². The molecule has 1 aromatic carbocycles. The zero-order chi connectivity index (χ0) is 25.7. The Balaban J connectivity index is 1.28. The third kappa shape index (κ3) is 5.32. The minimum Gasteiger partial charge on any atom is -0.390 e. The van der Waals surface area contributed by atoms with Crippen LogP contribution in [0.2, 0.25) is 0 Å². The number of aliphatic hydroxyl groups is 1. The first-order valence-electron chi connectivity index (χ1n) is 13.1. The highest BCUT2D eigenvalue weighted by Gasteiger charge is 2.41. The molecule has 2 heterocycles. The molecule has 1 aromatic rings. The number of imide groups is 1. The Bertz CT molecular complexity index is 1050. The van der Waals surface area contributed by atoms with E-state index in [0.717, 1.165) is 17.5 Å². The molecule has 0 bridgehead atoms. The lowest BCUT2D eigenvalue weighted by Crippen LogP contribution is -2.52. The van der Waals surface area contributed by atoms with Gasteiger partial charge in [-0.15, -0.1) is 0 Å². The Kier molecular flexibility index (Phi) is 6.66. The molecule has 0 radical (unpaired) electrons. The van der Waals surface area contributed by atoms with Gasteiger partial charge in [0.1, 0.15) is 6.04 Å². The van der Waals surface area contributed by atoms with Crippen LogP contribution in [0.3, 0.4) is 0 Å². The number of hydrogen-bond donors (Lipinski definition) is 3. The summed E-state index contributed by atoms with van der Waals surface area (Å²) < 4.78 is 27.2. The predicted octanol–water partition coefficient (Wildman–Crippen LogP) is 3.08. The minimum atomic E-state index is -2.56. The summed E-state index contributed by atoms with van der Waals surface area (Å²) in [6, 6.07) is 5.32. The normalized spacial score (nSPS) is 32.9. The van der Waals surface area contributed by atoms with Gasteiger partial charge >= 0.3 is 0 Å². The predicted molar refractivity (Wildman–Crippen MR) is 128 cm³/mol. The molecule has 3 N–H and O–H groups in total. The molecule has 0 aromatic heterocycles. The van der Waals surface area contributed by atoms with Crippen molar-refractivity contribution in [2.24, 2.45) is 5.92 Å². The van der Waals surface area contributed by atoms with Crippen molar-refractivity contribution in [3.63, 3.8) is 0 Å². The fourth-order valence-corrected chi connectivity index (χ4v) is 6.51. The molecule has 36 heavy (non-hydrogen) atoms. The number of benzene rings is 1. The van der Waals surface area contributed by atoms with Crippen molar-refractivity contribution in [1.29, 1.82) is 0 Å². The highest BCUT2D eigenvalue weighted by atomic mass is 19.3. The lowest BCUT2D eigenvalue weighted by molar-refractivity contribution is -0.136. The van der Waals surface area contributed by atoms with Crippen molar-refractivity contribution in [3.8, 4) is 0 Å². The monoisotopic (exact) mass is 503 g/mol. The lowest BCUT2D eigenvalue weighted by Gasteiger charge is -2.43. The van der Waals surface area contributed by atoms with Gasteiger partial charge in [0, 0.05) is 43.5 Å². The fraction of sp³-hybridized carbons (Fsp3) is 0.667. The number of alkyl halides is 2. The van der Waals surface area contributed by atoms with E-state index >= 15 is 0 Å². The maximum Gasteiger partial charge on any atom is 0.255 e. The van der Waals surface area contributed by atoms with Crippen molar-refractivity contribution in [1.82, 2.24) is 15.5 Å². The molecule has 4 atom stereocenters.